The van der Waals surface area contributed by atoms with E-state index in [1.54, 1.807) is 19.1 Å². The molecule has 0 spiro atoms. The second-order valence-corrected chi connectivity index (χ2v) is 7.21. The second-order valence-electron chi connectivity index (χ2n) is 7.21. The van der Waals surface area contributed by atoms with E-state index in [0.717, 1.165) is 27.5 Å². The van der Waals surface area contributed by atoms with Gasteiger partial charge in [0.1, 0.15) is 16.9 Å². The lowest BCUT2D eigenvalue weighted by Crippen LogP contribution is -2.30. The lowest BCUT2D eigenvalue weighted by molar-refractivity contribution is -0.132. The van der Waals surface area contributed by atoms with Gasteiger partial charge in [0.15, 0.2) is 18.1 Å². The topological polar surface area (TPSA) is 61.1 Å². The molecule has 0 fully saturated rings. The van der Waals surface area contributed by atoms with E-state index in [-0.39, 0.29) is 12.5 Å². The van der Waals surface area contributed by atoms with Gasteiger partial charge in [-0.25, -0.2) is 0 Å². The fourth-order valence-electron chi connectivity index (χ4n) is 3.50. The predicted octanol–water partition coefficient (Wildman–Crippen LogP) is 5.03. The number of carbonyl (C=O) groups is 1. The number of nitrogens with zero attached hydrogens (tertiary/aromatic N) is 1. The van der Waals surface area contributed by atoms with Crippen molar-refractivity contribution >= 4 is 27.8 Å². The Hall–Kier alpha value is -3.67. The first-order valence-electron chi connectivity index (χ1n) is 10.2. The Morgan fingerprint density at radius 2 is 1.74 bits per heavy atom. The fourth-order valence-corrected chi connectivity index (χ4v) is 3.50. The van der Waals surface area contributed by atoms with E-state index in [9.17, 15) is 4.79 Å². The molecule has 0 bridgehead atoms. The average Bonchev–Trinajstić information content (AvgIpc) is 3.16. The monoisotopic (exact) mass is 419 g/mol. The Labute approximate surface area is 180 Å². The summed E-state index contributed by atoms with van der Waals surface area (Å²) >= 11 is 0. The number of carbonyl (C=O) groups excluding carboxylic acids is 1. The van der Waals surface area contributed by atoms with E-state index in [2.05, 4.69) is 0 Å². The number of para-hydroxylation sites is 1. The molecule has 0 atom stereocenters. The van der Waals surface area contributed by atoms with Gasteiger partial charge in [-0.15, -0.1) is 0 Å². The minimum Gasteiger partial charge on any atom is -0.493 e. The van der Waals surface area contributed by atoms with Crippen LogP contribution < -0.4 is 14.2 Å². The van der Waals surface area contributed by atoms with Crippen LogP contribution in [0.15, 0.2) is 65.1 Å². The van der Waals surface area contributed by atoms with Crippen molar-refractivity contribution in [3.63, 3.8) is 0 Å². The number of ether oxygens (including phenoxy) is 3. The molecule has 0 unspecified atom stereocenters. The van der Waals surface area contributed by atoms with Gasteiger partial charge in [0.25, 0.3) is 5.91 Å². The van der Waals surface area contributed by atoms with E-state index in [4.69, 9.17) is 18.6 Å². The number of amides is 1. The normalized spacial score (nSPS) is 10.9. The maximum absolute atomic E-state index is 12.6. The number of benzene rings is 3. The maximum Gasteiger partial charge on any atom is 0.260 e. The zero-order chi connectivity index (χ0) is 21.8. The molecule has 1 heterocycles. The van der Waals surface area contributed by atoms with Crippen LogP contribution in [0.1, 0.15) is 12.5 Å². The van der Waals surface area contributed by atoms with Gasteiger partial charge in [-0.1, -0.05) is 24.3 Å². The summed E-state index contributed by atoms with van der Waals surface area (Å²) in [4.78, 5) is 14.2. The molecular weight excluding hydrogens is 394 g/mol. The molecule has 0 saturated carbocycles. The van der Waals surface area contributed by atoms with Crippen LogP contribution in [0, 0.1) is 0 Å². The fraction of sp³-hybridized carbons (Fsp3) is 0.240. The van der Waals surface area contributed by atoms with Crippen molar-refractivity contribution in [3.05, 3.63) is 66.2 Å². The van der Waals surface area contributed by atoms with Crippen LogP contribution in [0.4, 0.5) is 0 Å². The summed E-state index contributed by atoms with van der Waals surface area (Å²) in [5.74, 6) is 1.85. The van der Waals surface area contributed by atoms with Crippen molar-refractivity contribution in [3.8, 4) is 17.2 Å². The summed E-state index contributed by atoms with van der Waals surface area (Å²) in [5.41, 5.74) is 2.57. The number of likely N-dealkylation sites (N-methyl/N-ethyl adjacent to an activating group) is 1. The van der Waals surface area contributed by atoms with Crippen molar-refractivity contribution in [1.82, 2.24) is 4.90 Å². The lowest BCUT2D eigenvalue weighted by Gasteiger charge is -2.18. The Balaban J connectivity index is 1.41. The summed E-state index contributed by atoms with van der Waals surface area (Å²) in [6, 6.07) is 19.1. The van der Waals surface area contributed by atoms with Gasteiger partial charge >= 0.3 is 0 Å². The average molecular weight is 419 g/mol. The van der Waals surface area contributed by atoms with E-state index >= 15 is 0 Å². The van der Waals surface area contributed by atoms with E-state index in [1.807, 2.05) is 67.6 Å². The summed E-state index contributed by atoms with van der Waals surface area (Å²) in [6.07, 6.45) is 0. The van der Waals surface area contributed by atoms with Crippen LogP contribution in [0.2, 0.25) is 0 Å². The minimum atomic E-state index is -0.120. The number of fused-ring (bicyclic) bond motifs is 3. The highest BCUT2D eigenvalue weighted by Crippen LogP contribution is 2.31. The third kappa shape index (κ3) is 4.43. The minimum absolute atomic E-state index is 0.0496. The van der Waals surface area contributed by atoms with Gasteiger partial charge in [-0.2, -0.15) is 0 Å². The van der Waals surface area contributed by atoms with Crippen LogP contribution >= 0.6 is 0 Å². The zero-order valence-electron chi connectivity index (χ0n) is 17.9. The van der Waals surface area contributed by atoms with Crippen LogP contribution in [0.25, 0.3) is 21.9 Å². The third-order valence-corrected chi connectivity index (χ3v) is 5.08. The van der Waals surface area contributed by atoms with E-state index in [1.165, 1.54) is 0 Å². The Morgan fingerprint density at radius 3 is 2.55 bits per heavy atom. The van der Waals surface area contributed by atoms with Crippen molar-refractivity contribution in [2.75, 3.05) is 27.4 Å². The van der Waals surface area contributed by atoms with Gasteiger partial charge in [0.05, 0.1) is 13.7 Å². The highest BCUT2D eigenvalue weighted by molar-refractivity contribution is 6.05. The summed E-state index contributed by atoms with van der Waals surface area (Å²) in [7, 11) is 3.35. The molecule has 4 rings (SSSR count). The van der Waals surface area contributed by atoms with Crippen LogP contribution in [-0.2, 0) is 11.3 Å². The molecular formula is C25H25NO5. The number of rotatable bonds is 8. The maximum atomic E-state index is 12.6. The number of methoxy groups -OCH3 is 1. The van der Waals surface area contributed by atoms with Crippen LogP contribution in [0.5, 0.6) is 17.2 Å². The molecule has 0 radical (unpaired) electrons. The first kappa shape index (κ1) is 20.6. The summed E-state index contributed by atoms with van der Waals surface area (Å²) in [6.45, 7) is 2.88. The molecule has 1 amide bonds. The Bertz CT molecular complexity index is 1210. The predicted molar refractivity (Wildman–Crippen MR) is 120 cm³/mol. The number of hydrogen-bond acceptors (Lipinski definition) is 5. The van der Waals surface area contributed by atoms with Gasteiger partial charge in [-0.05, 0) is 48.9 Å². The molecule has 0 aliphatic heterocycles. The third-order valence-electron chi connectivity index (χ3n) is 5.08. The molecule has 0 aliphatic rings. The zero-order valence-corrected chi connectivity index (χ0v) is 17.9. The van der Waals surface area contributed by atoms with Crippen molar-refractivity contribution in [1.29, 1.82) is 0 Å². The molecule has 0 N–H and O–H groups in total. The molecule has 0 aliphatic carbocycles. The first-order chi connectivity index (χ1) is 15.1. The quantitative estimate of drug-likeness (QED) is 0.401. The second kappa shape index (κ2) is 9.00. The van der Waals surface area contributed by atoms with Gasteiger partial charge in [0, 0.05) is 24.4 Å². The number of furan rings is 1. The van der Waals surface area contributed by atoms with E-state index in [0.29, 0.717) is 30.4 Å². The summed E-state index contributed by atoms with van der Waals surface area (Å²) in [5, 5.41) is 1.99. The molecule has 6 nitrogen and oxygen atoms in total. The lowest BCUT2D eigenvalue weighted by atomic mass is 10.1. The van der Waals surface area contributed by atoms with Gasteiger partial charge in [-0.3, -0.25) is 4.79 Å². The van der Waals surface area contributed by atoms with Crippen molar-refractivity contribution in [2.24, 2.45) is 0 Å². The Kier molecular flexibility index (Phi) is 5.98. The number of hydrogen-bond donors (Lipinski definition) is 0. The standard InChI is InChI=1S/C25H25NO5/c1-4-29-23-11-9-17(13-24(23)28-3)15-26(2)25(27)16-30-18-10-12-22-20(14-18)19-7-5-6-8-21(19)31-22/h5-14H,4,15-16H2,1-3H3. The molecule has 160 valence electrons. The molecule has 1 aromatic heterocycles. The van der Waals surface area contributed by atoms with E-state index < -0.39 is 0 Å². The SMILES string of the molecule is CCOc1ccc(CN(C)C(=O)COc2ccc3oc4ccccc4c3c2)cc1OC. The van der Waals surface area contributed by atoms with Crippen molar-refractivity contribution < 1.29 is 23.4 Å². The smallest absolute Gasteiger partial charge is 0.260 e. The Morgan fingerprint density at radius 1 is 0.935 bits per heavy atom. The molecule has 4 aromatic rings. The van der Waals surface area contributed by atoms with Crippen molar-refractivity contribution in [2.45, 2.75) is 13.5 Å². The first-order valence-corrected chi connectivity index (χ1v) is 10.2. The molecule has 6 heteroatoms. The molecule has 0 saturated heterocycles. The molecule has 31 heavy (non-hydrogen) atoms. The van der Waals surface area contributed by atoms with Gasteiger partial charge in [0.2, 0.25) is 0 Å². The van der Waals surface area contributed by atoms with Crippen LogP contribution in [-0.4, -0.2) is 38.2 Å². The highest BCUT2D eigenvalue weighted by Gasteiger charge is 2.13. The summed E-state index contributed by atoms with van der Waals surface area (Å²) < 4.78 is 22.5. The highest BCUT2D eigenvalue weighted by atomic mass is 16.5. The van der Waals surface area contributed by atoms with Gasteiger partial charge < -0.3 is 23.5 Å². The largest absolute Gasteiger partial charge is 0.493 e. The van der Waals surface area contributed by atoms with Crippen LogP contribution in [0.3, 0.4) is 0 Å². The molecule has 3 aromatic carbocycles.